The molecule has 0 heterocycles. The van der Waals surface area contributed by atoms with Crippen molar-refractivity contribution in [1.82, 2.24) is 0 Å². The first-order valence-electron chi connectivity index (χ1n) is 5.24. The lowest BCUT2D eigenvalue weighted by Crippen LogP contribution is -1.94. The van der Waals surface area contributed by atoms with E-state index in [-0.39, 0.29) is 16.1 Å². The van der Waals surface area contributed by atoms with E-state index >= 15 is 0 Å². The molecule has 0 aliphatic rings. The molecule has 0 aliphatic carbocycles. The molecule has 0 aromatic heterocycles. The lowest BCUT2D eigenvalue weighted by molar-refractivity contribution is 0.112. The molecule has 0 N–H and O–H groups in total. The SMILES string of the molecule is Cc1ccc(F)c(-c2ccc(C=O)c(Cl)c2)c1F. The van der Waals surface area contributed by atoms with E-state index in [9.17, 15) is 13.6 Å². The van der Waals surface area contributed by atoms with Gasteiger partial charge < -0.3 is 0 Å². The maximum atomic E-state index is 13.9. The van der Waals surface area contributed by atoms with Gasteiger partial charge >= 0.3 is 0 Å². The molecule has 0 saturated heterocycles. The molecule has 0 bridgehead atoms. The maximum absolute atomic E-state index is 13.9. The van der Waals surface area contributed by atoms with Crippen molar-refractivity contribution in [2.75, 3.05) is 0 Å². The fourth-order valence-electron chi connectivity index (χ4n) is 1.70. The number of benzene rings is 2. The van der Waals surface area contributed by atoms with Crippen molar-refractivity contribution in [3.8, 4) is 11.1 Å². The summed E-state index contributed by atoms with van der Waals surface area (Å²) in [6.07, 6.45) is 0.592. The first kappa shape index (κ1) is 12.7. The van der Waals surface area contributed by atoms with Crippen LogP contribution < -0.4 is 0 Å². The maximum Gasteiger partial charge on any atom is 0.151 e. The molecule has 2 aromatic rings. The number of halogens is 3. The van der Waals surface area contributed by atoms with Crippen LogP contribution in [0.25, 0.3) is 11.1 Å². The Morgan fingerprint density at radius 2 is 1.89 bits per heavy atom. The van der Waals surface area contributed by atoms with Crippen molar-refractivity contribution in [2.45, 2.75) is 6.92 Å². The molecule has 92 valence electrons. The van der Waals surface area contributed by atoms with Crippen LogP contribution in [-0.4, -0.2) is 6.29 Å². The third-order valence-electron chi connectivity index (χ3n) is 2.70. The summed E-state index contributed by atoms with van der Waals surface area (Å²) in [5.41, 5.74) is 0.814. The second kappa shape index (κ2) is 4.86. The molecular weight excluding hydrogens is 258 g/mol. The molecule has 2 aromatic carbocycles. The molecule has 0 radical (unpaired) electrons. The van der Waals surface area contributed by atoms with E-state index in [0.717, 1.165) is 0 Å². The number of aldehydes is 1. The highest BCUT2D eigenvalue weighted by Gasteiger charge is 2.14. The van der Waals surface area contributed by atoms with Gasteiger partial charge in [0.1, 0.15) is 11.6 Å². The molecule has 0 aliphatic heterocycles. The van der Waals surface area contributed by atoms with Gasteiger partial charge in [-0.2, -0.15) is 0 Å². The fourth-order valence-corrected chi connectivity index (χ4v) is 1.92. The Labute approximate surface area is 108 Å². The van der Waals surface area contributed by atoms with Crippen molar-refractivity contribution in [2.24, 2.45) is 0 Å². The lowest BCUT2D eigenvalue weighted by atomic mass is 10.0. The van der Waals surface area contributed by atoms with Crippen LogP contribution in [0.2, 0.25) is 5.02 Å². The Morgan fingerprint density at radius 1 is 1.17 bits per heavy atom. The van der Waals surface area contributed by atoms with Gasteiger partial charge in [-0.3, -0.25) is 4.79 Å². The van der Waals surface area contributed by atoms with Crippen molar-refractivity contribution >= 4 is 17.9 Å². The summed E-state index contributed by atoms with van der Waals surface area (Å²) in [5.74, 6) is -1.28. The molecule has 0 saturated carbocycles. The topological polar surface area (TPSA) is 17.1 Å². The van der Waals surface area contributed by atoms with Gasteiger partial charge in [-0.15, -0.1) is 0 Å². The van der Waals surface area contributed by atoms with Gasteiger partial charge in [0.05, 0.1) is 10.6 Å². The van der Waals surface area contributed by atoms with Gasteiger partial charge in [0.25, 0.3) is 0 Å². The number of rotatable bonds is 2. The number of hydrogen-bond acceptors (Lipinski definition) is 1. The number of carbonyl (C=O) groups excluding carboxylic acids is 1. The van der Waals surface area contributed by atoms with Gasteiger partial charge in [-0.1, -0.05) is 23.7 Å². The van der Waals surface area contributed by atoms with Crippen LogP contribution in [0.5, 0.6) is 0 Å². The van der Waals surface area contributed by atoms with Crippen molar-refractivity contribution < 1.29 is 13.6 Å². The third-order valence-corrected chi connectivity index (χ3v) is 3.03. The molecule has 0 atom stereocenters. The van der Waals surface area contributed by atoms with Crippen LogP contribution in [0.1, 0.15) is 15.9 Å². The molecule has 0 spiro atoms. The van der Waals surface area contributed by atoms with E-state index in [1.54, 1.807) is 6.92 Å². The largest absolute Gasteiger partial charge is 0.298 e. The Kier molecular flexibility index (Phi) is 3.43. The van der Waals surface area contributed by atoms with Crippen LogP contribution in [0.15, 0.2) is 30.3 Å². The highest BCUT2D eigenvalue weighted by atomic mass is 35.5. The predicted molar refractivity (Wildman–Crippen MR) is 66.9 cm³/mol. The summed E-state index contributed by atoms with van der Waals surface area (Å²) in [5, 5.41) is 0.169. The highest BCUT2D eigenvalue weighted by molar-refractivity contribution is 6.33. The molecule has 4 heteroatoms. The smallest absolute Gasteiger partial charge is 0.151 e. The lowest BCUT2D eigenvalue weighted by Gasteiger charge is -2.08. The third kappa shape index (κ3) is 2.14. The molecule has 0 fully saturated rings. The zero-order valence-corrected chi connectivity index (χ0v) is 10.3. The average Bonchev–Trinajstić information content (AvgIpc) is 2.35. The van der Waals surface area contributed by atoms with E-state index in [2.05, 4.69) is 0 Å². The Bertz CT molecular complexity index is 623. The van der Waals surface area contributed by atoms with Crippen LogP contribution in [0.3, 0.4) is 0 Å². The zero-order valence-electron chi connectivity index (χ0n) is 9.51. The van der Waals surface area contributed by atoms with Gasteiger partial charge in [0, 0.05) is 5.56 Å². The summed E-state index contributed by atoms with van der Waals surface area (Å²) in [4.78, 5) is 10.6. The predicted octanol–water partition coefficient (Wildman–Crippen LogP) is 4.41. The van der Waals surface area contributed by atoms with Gasteiger partial charge in [0.2, 0.25) is 0 Å². The minimum atomic E-state index is -0.659. The zero-order chi connectivity index (χ0) is 13.3. The second-order valence-electron chi connectivity index (χ2n) is 3.91. The summed E-state index contributed by atoms with van der Waals surface area (Å²) in [6.45, 7) is 1.56. The van der Waals surface area contributed by atoms with E-state index in [0.29, 0.717) is 17.4 Å². The van der Waals surface area contributed by atoms with Crippen LogP contribution in [-0.2, 0) is 0 Å². The molecule has 0 amide bonds. The van der Waals surface area contributed by atoms with Crippen LogP contribution >= 0.6 is 11.6 Å². The van der Waals surface area contributed by atoms with Crippen LogP contribution in [0.4, 0.5) is 8.78 Å². The number of aryl methyl sites for hydroxylation is 1. The summed E-state index contributed by atoms with van der Waals surface area (Å²) < 4.78 is 27.6. The van der Waals surface area contributed by atoms with Crippen molar-refractivity contribution in [1.29, 1.82) is 0 Å². The van der Waals surface area contributed by atoms with Gasteiger partial charge in [0.15, 0.2) is 6.29 Å². The molecule has 0 unspecified atom stereocenters. The molecular formula is C14H9ClF2O. The quantitative estimate of drug-likeness (QED) is 0.736. The van der Waals surface area contributed by atoms with Crippen LogP contribution in [0, 0.1) is 18.6 Å². The second-order valence-corrected chi connectivity index (χ2v) is 4.31. The Morgan fingerprint density at radius 3 is 2.50 bits per heavy atom. The van der Waals surface area contributed by atoms with Gasteiger partial charge in [-0.05, 0) is 36.2 Å². The fraction of sp³-hybridized carbons (Fsp3) is 0.0714. The first-order chi connectivity index (χ1) is 8.54. The number of hydrogen-bond donors (Lipinski definition) is 0. The standard InChI is InChI=1S/C14H9ClF2O/c1-8-2-5-12(16)13(14(8)17)9-3-4-10(7-18)11(15)6-9/h2-7H,1H3. The van der Waals surface area contributed by atoms with E-state index in [4.69, 9.17) is 11.6 Å². The summed E-state index contributed by atoms with van der Waals surface area (Å²) in [6, 6.07) is 6.86. The average molecular weight is 267 g/mol. The molecule has 1 nitrogen and oxygen atoms in total. The summed E-state index contributed by atoms with van der Waals surface area (Å²) in [7, 11) is 0. The van der Waals surface area contributed by atoms with E-state index < -0.39 is 11.6 Å². The number of carbonyl (C=O) groups is 1. The Hall–Kier alpha value is -1.74. The normalized spacial score (nSPS) is 10.4. The van der Waals surface area contributed by atoms with E-state index in [1.807, 2.05) is 0 Å². The van der Waals surface area contributed by atoms with E-state index in [1.165, 1.54) is 30.3 Å². The first-order valence-corrected chi connectivity index (χ1v) is 5.62. The van der Waals surface area contributed by atoms with Gasteiger partial charge in [-0.25, -0.2) is 8.78 Å². The monoisotopic (exact) mass is 266 g/mol. The summed E-state index contributed by atoms with van der Waals surface area (Å²) >= 11 is 5.85. The minimum absolute atomic E-state index is 0.130. The van der Waals surface area contributed by atoms with Crippen molar-refractivity contribution in [3.63, 3.8) is 0 Å². The minimum Gasteiger partial charge on any atom is -0.298 e. The van der Waals surface area contributed by atoms with Crippen molar-refractivity contribution in [3.05, 3.63) is 58.1 Å². The highest BCUT2D eigenvalue weighted by Crippen LogP contribution is 2.30. The molecule has 18 heavy (non-hydrogen) atoms. The Balaban J connectivity index is 2.66. The molecule has 2 rings (SSSR count).